The van der Waals surface area contributed by atoms with Crippen LogP contribution in [0.3, 0.4) is 0 Å². The lowest BCUT2D eigenvalue weighted by Crippen LogP contribution is -2.58. The fourth-order valence-electron chi connectivity index (χ4n) is 4.90. The maximum Gasteiger partial charge on any atom is 0.227 e. The van der Waals surface area contributed by atoms with Crippen LogP contribution < -0.4 is 10.2 Å². The van der Waals surface area contributed by atoms with Crippen LogP contribution in [0.1, 0.15) is 25.7 Å². The van der Waals surface area contributed by atoms with Crippen molar-refractivity contribution in [2.24, 2.45) is 11.3 Å². The number of halogens is 2. The summed E-state index contributed by atoms with van der Waals surface area (Å²) in [6.07, 6.45) is 5.49. The molecule has 1 N–H and O–H groups in total. The molecule has 3 aromatic rings. The fourth-order valence-corrected chi connectivity index (χ4v) is 4.90. The fraction of sp³-hybridized carbons (Fsp3) is 0.333. The average Bonchev–Trinajstić information content (AvgIpc) is 2.73. The number of fused-ring (bicyclic) bond motifs is 1. The molecule has 6 heteroatoms. The SMILES string of the molecule is O=C(Nc1ccc(F)cc1)C1CCC2(CC1)CN(c1ccnc3ccc(F)cc13)C2. The van der Waals surface area contributed by atoms with Crippen LogP contribution in [0.25, 0.3) is 10.9 Å². The van der Waals surface area contributed by atoms with E-state index in [9.17, 15) is 13.6 Å². The summed E-state index contributed by atoms with van der Waals surface area (Å²) >= 11 is 0. The lowest BCUT2D eigenvalue weighted by Gasteiger charge is -2.54. The van der Waals surface area contributed by atoms with Crippen molar-refractivity contribution in [2.45, 2.75) is 25.7 Å². The Morgan fingerprint density at radius 1 is 1.00 bits per heavy atom. The molecule has 0 atom stereocenters. The van der Waals surface area contributed by atoms with Crippen LogP contribution in [0, 0.1) is 23.0 Å². The smallest absolute Gasteiger partial charge is 0.227 e. The zero-order chi connectivity index (χ0) is 20.7. The second-order valence-corrected chi connectivity index (χ2v) is 8.62. The summed E-state index contributed by atoms with van der Waals surface area (Å²) in [6, 6.07) is 12.5. The van der Waals surface area contributed by atoms with Gasteiger partial charge in [-0.05, 0) is 74.2 Å². The van der Waals surface area contributed by atoms with Gasteiger partial charge in [0.05, 0.1) is 5.52 Å². The molecule has 1 spiro atoms. The molecule has 2 fully saturated rings. The van der Waals surface area contributed by atoms with E-state index in [1.54, 1.807) is 30.5 Å². The van der Waals surface area contributed by atoms with Gasteiger partial charge in [0.2, 0.25) is 5.91 Å². The molecule has 0 bridgehead atoms. The highest BCUT2D eigenvalue weighted by atomic mass is 19.1. The molecule has 5 rings (SSSR count). The molecule has 2 heterocycles. The van der Waals surface area contributed by atoms with Gasteiger partial charge < -0.3 is 10.2 Å². The molecule has 154 valence electrons. The Balaban J connectivity index is 1.21. The van der Waals surface area contributed by atoms with E-state index >= 15 is 0 Å². The minimum atomic E-state index is -0.313. The molecule has 1 saturated carbocycles. The summed E-state index contributed by atoms with van der Waals surface area (Å²) in [6.45, 7) is 1.85. The summed E-state index contributed by atoms with van der Waals surface area (Å²) in [4.78, 5) is 19.2. The number of anilines is 2. The van der Waals surface area contributed by atoms with E-state index in [1.807, 2.05) is 6.07 Å². The van der Waals surface area contributed by atoms with Gasteiger partial charge in [0, 0.05) is 47.4 Å². The number of benzene rings is 2. The van der Waals surface area contributed by atoms with Crippen molar-refractivity contribution >= 4 is 28.2 Å². The van der Waals surface area contributed by atoms with Crippen LogP contribution in [-0.2, 0) is 4.79 Å². The van der Waals surface area contributed by atoms with E-state index < -0.39 is 0 Å². The Hall–Kier alpha value is -3.02. The summed E-state index contributed by atoms with van der Waals surface area (Å²) in [5, 5.41) is 3.75. The summed E-state index contributed by atoms with van der Waals surface area (Å²) in [5.41, 5.74) is 2.70. The minimum absolute atomic E-state index is 0.00872. The predicted octanol–water partition coefficient (Wildman–Crippen LogP) is 5.15. The van der Waals surface area contributed by atoms with Crippen molar-refractivity contribution in [1.29, 1.82) is 0 Å². The van der Waals surface area contributed by atoms with Gasteiger partial charge in [-0.15, -0.1) is 0 Å². The second kappa shape index (κ2) is 7.35. The summed E-state index contributed by atoms with van der Waals surface area (Å²) in [5.74, 6) is -0.555. The zero-order valence-electron chi connectivity index (χ0n) is 16.6. The van der Waals surface area contributed by atoms with Gasteiger partial charge in [0.25, 0.3) is 0 Å². The average molecular weight is 407 g/mol. The molecule has 1 aromatic heterocycles. The van der Waals surface area contributed by atoms with Gasteiger partial charge in [-0.3, -0.25) is 9.78 Å². The standard InChI is InChI=1S/C24H23F2N3O/c25-17-1-4-19(5-2-17)28-23(30)16-7-10-24(11-8-16)14-29(15-24)22-9-12-27-21-6-3-18(26)13-20(21)22/h1-6,9,12-13,16H,7-8,10-11,14-15H2,(H,28,30). The Bertz CT molecular complexity index is 1080. The number of hydrogen-bond donors (Lipinski definition) is 1. The van der Waals surface area contributed by atoms with Gasteiger partial charge >= 0.3 is 0 Å². The van der Waals surface area contributed by atoms with Gasteiger partial charge in [-0.2, -0.15) is 0 Å². The third-order valence-corrected chi connectivity index (χ3v) is 6.60. The van der Waals surface area contributed by atoms with Crippen LogP contribution in [-0.4, -0.2) is 24.0 Å². The first-order valence-electron chi connectivity index (χ1n) is 10.4. The monoisotopic (exact) mass is 407 g/mol. The maximum atomic E-state index is 13.7. The number of carbonyl (C=O) groups excluding carboxylic acids is 1. The Labute approximate surface area is 173 Å². The molecular weight excluding hydrogens is 384 g/mol. The third-order valence-electron chi connectivity index (χ3n) is 6.60. The molecule has 4 nitrogen and oxygen atoms in total. The van der Waals surface area contributed by atoms with E-state index in [4.69, 9.17) is 0 Å². The Kier molecular flexibility index (Phi) is 4.65. The minimum Gasteiger partial charge on any atom is -0.370 e. The lowest BCUT2D eigenvalue weighted by atomic mass is 9.65. The number of carbonyl (C=O) groups is 1. The molecular formula is C24H23F2N3O. The molecule has 2 aromatic carbocycles. The first-order valence-corrected chi connectivity index (χ1v) is 10.4. The number of aromatic nitrogens is 1. The normalized spacial score (nSPS) is 18.4. The van der Waals surface area contributed by atoms with Crippen molar-refractivity contribution in [3.8, 4) is 0 Å². The lowest BCUT2D eigenvalue weighted by molar-refractivity contribution is -0.121. The van der Waals surface area contributed by atoms with Crippen molar-refractivity contribution in [3.63, 3.8) is 0 Å². The quantitative estimate of drug-likeness (QED) is 0.653. The molecule has 0 unspecified atom stereocenters. The number of rotatable bonds is 3. The molecule has 1 aliphatic carbocycles. The molecule has 2 aliphatic rings. The number of hydrogen-bond acceptors (Lipinski definition) is 3. The van der Waals surface area contributed by atoms with Crippen LogP contribution in [0.5, 0.6) is 0 Å². The van der Waals surface area contributed by atoms with E-state index in [0.29, 0.717) is 5.69 Å². The van der Waals surface area contributed by atoms with E-state index in [-0.39, 0.29) is 28.9 Å². The second-order valence-electron chi connectivity index (χ2n) is 8.62. The van der Waals surface area contributed by atoms with Crippen molar-refractivity contribution in [2.75, 3.05) is 23.3 Å². The number of nitrogens with one attached hydrogen (secondary N) is 1. The summed E-state index contributed by atoms with van der Waals surface area (Å²) in [7, 11) is 0. The van der Waals surface area contributed by atoms with E-state index in [1.165, 1.54) is 18.2 Å². The summed E-state index contributed by atoms with van der Waals surface area (Å²) < 4.78 is 26.8. The van der Waals surface area contributed by atoms with Gasteiger partial charge in [-0.25, -0.2) is 8.78 Å². The van der Waals surface area contributed by atoms with E-state index in [2.05, 4.69) is 15.2 Å². The molecule has 30 heavy (non-hydrogen) atoms. The van der Waals surface area contributed by atoms with Crippen molar-refractivity contribution in [1.82, 2.24) is 4.98 Å². The van der Waals surface area contributed by atoms with Crippen LogP contribution in [0.2, 0.25) is 0 Å². The van der Waals surface area contributed by atoms with Crippen LogP contribution in [0.15, 0.2) is 54.7 Å². The Morgan fingerprint density at radius 3 is 2.43 bits per heavy atom. The highest BCUT2D eigenvalue weighted by molar-refractivity contribution is 5.93. The van der Waals surface area contributed by atoms with Crippen molar-refractivity contribution in [3.05, 3.63) is 66.4 Å². The van der Waals surface area contributed by atoms with E-state index in [0.717, 1.165) is 55.4 Å². The number of pyridine rings is 1. The predicted molar refractivity (Wildman–Crippen MR) is 113 cm³/mol. The van der Waals surface area contributed by atoms with Gasteiger partial charge in [-0.1, -0.05) is 0 Å². The number of amides is 1. The maximum absolute atomic E-state index is 13.7. The van der Waals surface area contributed by atoms with Crippen LogP contribution in [0.4, 0.5) is 20.2 Å². The Morgan fingerprint density at radius 2 is 1.70 bits per heavy atom. The first kappa shape index (κ1) is 19.0. The van der Waals surface area contributed by atoms with Crippen LogP contribution >= 0.6 is 0 Å². The number of nitrogens with zero attached hydrogens (tertiary/aromatic N) is 2. The molecule has 1 aliphatic heterocycles. The molecule has 1 saturated heterocycles. The topological polar surface area (TPSA) is 45.2 Å². The van der Waals surface area contributed by atoms with Gasteiger partial charge in [0.15, 0.2) is 0 Å². The molecule has 1 amide bonds. The largest absolute Gasteiger partial charge is 0.370 e. The van der Waals surface area contributed by atoms with Gasteiger partial charge in [0.1, 0.15) is 11.6 Å². The zero-order valence-corrected chi connectivity index (χ0v) is 16.6. The van der Waals surface area contributed by atoms with Crippen molar-refractivity contribution < 1.29 is 13.6 Å². The molecule has 0 radical (unpaired) electrons. The first-order chi connectivity index (χ1) is 14.5. The highest BCUT2D eigenvalue weighted by Crippen LogP contribution is 2.48. The highest BCUT2D eigenvalue weighted by Gasteiger charge is 2.46. The third kappa shape index (κ3) is 3.51.